The van der Waals surface area contributed by atoms with Crippen LogP contribution in [-0.4, -0.2) is 21.6 Å². The Bertz CT molecular complexity index is 765. The van der Waals surface area contributed by atoms with Crippen LogP contribution in [0.15, 0.2) is 17.4 Å². The van der Waals surface area contributed by atoms with Gasteiger partial charge in [0.1, 0.15) is 5.82 Å². The molecule has 6 heteroatoms. The van der Waals surface area contributed by atoms with E-state index in [1.165, 1.54) is 10.4 Å². The molecule has 2 aromatic heterocycles. The molecule has 0 aliphatic carbocycles. The Kier molecular flexibility index (Phi) is 4.31. The minimum atomic E-state index is -0.105. The van der Waals surface area contributed by atoms with Gasteiger partial charge in [-0.3, -0.25) is 4.79 Å². The van der Waals surface area contributed by atoms with E-state index < -0.39 is 0 Å². The smallest absolute Gasteiger partial charge is 0.257 e. The van der Waals surface area contributed by atoms with Gasteiger partial charge in [0.15, 0.2) is 5.16 Å². The summed E-state index contributed by atoms with van der Waals surface area (Å²) in [6.45, 7) is 6.31. The van der Waals surface area contributed by atoms with E-state index in [4.69, 9.17) is 0 Å². The molecule has 0 atom stereocenters. The number of fused-ring (bicyclic) bond motifs is 1. The topological polar surface area (TPSA) is 54.9 Å². The Hall–Kier alpha value is -1.66. The molecular weight excluding hydrogens is 314 g/mol. The third-order valence-corrected chi connectivity index (χ3v) is 5.53. The largest absolute Gasteiger partial charge is 0.306 e. The summed E-state index contributed by atoms with van der Waals surface area (Å²) in [7, 11) is 0. The van der Waals surface area contributed by atoms with Crippen molar-refractivity contribution in [2.75, 3.05) is 11.1 Å². The zero-order chi connectivity index (χ0) is 15.7. The zero-order valence-corrected chi connectivity index (χ0v) is 14.4. The Morgan fingerprint density at radius 2 is 2.23 bits per heavy atom. The summed E-state index contributed by atoms with van der Waals surface area (Å²) in [6.07, 6.45) is 4.70. The van der Waals surface area contributed by atoms with Gasteiger partial charge in [-0.2, -0.15) is 0 Å². The van der Waals surface area contributed by atoms with Crippen LogP contribution < -0.4 is 5.32 Å². The minimum absolute atomic E-state index is 0.105. The quantitative estimate of drug-likeness (QED) is 0.522. The Morgan fingerprint density at radius 1 is 1.41 bits per heavy atom. The van der Waals surface area contributed by atoms with Gasteiger partial charge in [0, 0.05) is 21.5 Å². The number of hydrogen-bond acceptors (Lipinski definition) is 5. The molecule has 3 heterocycles. The lowest BCUT2D eigenvalue weighted by Crippen LogP contribution is -2.04. The zero-order valence-electron chi connectivity index (χ0n) is 12.8. The van der Waals surface area contributed by atoms with Crippen molar-refractivity contribution in [2.45, 2.75) is 32.3 Å². The van der Waals surface area contributed by atoms with Crippen molar-refractivity contribution in [3.8, 4) is 0 Å². The molecule has 1 aliphatic rings. The van der Waals surface area contributed by atoms with Gasteiger partial charge in [-0.05, 0) is 36.8 Å². The highest BCUT2D eigenvalue weighted by Gasteiger charge is 2.26. The Labute approximate surface area is 138 Å². The third-order valence-electron chi connectivity index (χ3n) is 3.45. The summed E-state index contributed by atoms with van der Waals surface area (Å²) in [4.78, 5) is 23.4. The number of carbonyl (C=O) groups excluding carboxylic acids is 1. The number of anilines is 1. The van der Waals surface area contributed by atoms with E-state index >= 15 is 0 Å². The number of thiophene rings is 1. The van der Waals surface area contributed by atoms with Crippen LogP contribution >= 0.6 is 23.1 Å². The second-order valence-corrected chi connectivity index (χ2v) is 7.37. The number of hydrogen-bond donors (Lipinski definition) is 1. The van der Waals surface area contributed by atoms with Crippen LogP contribution in [0, 0.1) is 6.92 Å². The van der Waals surface area contributed by atoms with Crippen LogP contribution in [0.2, 0.25) is 0 Å². The molecule has 0 saturated carbocycles. The van der Waals surface area contributed by atoms with Crippen molar-refractivity contribution in [2.24, 2.45) is 0 Å². The molecule has 0 radical (unpaired) electrons. The number of amides is 1. The Balaban J connectivity index is 1.98. The summed E-state index contributed by atoms with van der Waals surface area (Å²) in [5.41, 5.74) is 2.71. The van der Waals surface area contributed by atoms with Gasteiger partial charge in [0.2, 0.25) is 0 Å². The average molecular weight is 331 g/mol. The highest BCUT2D eigenvalue weighted by Crippen LogP contribution is 2.34. The summed E-state index contributed by atoms with van der Waals surface area (Å²) in [6, 6.07) is 2.13. The van der Waals surface area contributed by atoms with Crippen molar-refractivity contribution < 1.29 is 4.79 Å². The molecule has 0 fully saturated rings. The van der Waals surface area contributed by atoms with Gasteiger partial charge in [0.05, 0.1) is 5.57 Å². The molecule has 1 aliphatic heterocycles. The lowest BCUT2D eigenvalue weighted by atomic mass is 10.1. The van der Waals surface area contributed by atoms with Gasteiger partial charge >= 0.3 is 0 Å². The predicted octanol–water partition coefficient (Wildman–Crippen LogP) is 4.01. The van der Waals surface area contributed by atoms with Crippen molar-refractivity contribution in [3.05, 3.63) is 33.1 Å². The molecule has 0 unspecified atom stereocenters. The van der Waals surface area contributed by atoms with Gasteiger partial charge in [-0.15, -0.1) is 11.3 Å². The molecule has 2 aromatic rings. The first-order valence-corrected chi connectivity index (χ1v) is 9.05. The van der Waals surface area contributed by atoms with Crippen molar-refractivity contribution in [1.29, 1.82) is 0 Å². The maximum atomic E-state index is 12.2. The average Bonchev–Trinajstić information content (AvgIpc) is 3.00. The van der Waals surface area contributed by atoms with E-state index in [9.17, 15) is 4.79 Å². The molecule has 0 spiro atoms. The normalized spacial score (nSPS) is 15.2. The molecule has 22 heavy (non-hydrogen) atoms. The first-order chi connectivity index (χ1) is 10.6. The molecule has 1 amide bonds. The SMILES string of the molecule is CCSc1ncc2c(n1)NC(=O)C2=Cc1cc(C)c(CC)s1. The first kappa shape index (κ1) is 15.2. The third kappa shape index (κ3) is 2.80. The molecular formula is C16H17N3OS2. The fourth-order valence-electron chi connectivity index (χ4n) is 2.41. The fourth-order valence-corrected chi connectivity index (χ4v) is 4.01. The van der Waals surface area contributed by atoms with Crippen LogP contribution in [0.5, 0.6) is 0 Å². The van der Waals surface area contributed by atoms with Gasteiger partial charge in [0.25, 0.3) is 5.91 Å². The number of thioether (sulfide) groups is 1. The van der Waals surface area contributed by atoms with Gasteiger partial charge in [-0.25, -0.2) is 9.97 Å². The number of rotatable bonds is 4. The van der Waals surface area contributed by atoms with Crippen LogP contribution in [0.4, 0.5) is 5.82 Å². The molecule has 3 rings (SSSR count). The molecule has 114 valence electrons. The summed E-state index contributed by atoms with van der Waals surface area (Å²) in [5.74, 6) is 1.42. The van der Waals surface area contributed by atoms with Gasteiger partial charge < -0.3 is 5.32 Å². The number of aryl methyl sites for hydroxylation is 2. The molecule has 1 N–H and O–H groups in total. The van der Waals surface area contributed by atoms with Gasteiger partial charge in [-0.1, -0.05) is 25.6 Å². The standard InChI is InChI=1S/C16H17N3OS2/c1-4-13-9(3)6-10(22-13)7-11-12-8-17-16(21-5-2)19-14(12)18-15(11)20/h6-8H,4-5H2,1-3H3,(H,17,18,19,20). The molecule has 0 bridgehead atoms. The lowest BCUT2D eigenvalue weighted by molar-refractivity contribution is -0.110. The second kappa shape index (κ2) is 6.22. The first-order valence-electron chi connectivity index (χ1n) is 7.25. The van der Waals surface area contributed by atoms with Crippen LogP contribution in [-0.2, 0) is 11.2 Å². The monoisotopic (exact) mass is 331 g/mol. The number of carbonyl (C=O) groups is 1. The molecule has 4 nitrogen and oxygen atoms in total. The van der Waals surface area contributed by atoms with E-state index in [0.29, 0.717) is 16.5 Å². The van der Waals surface area contributed by atoms with E-state index in [0.717, 1.165) is 22.6 Å². The minimum Gasteiger partial charge on any atom is -0.306 e. The number of aromatic nitrogens is 2. The van der Waals surface area contributed by atoms with E-state index in [1.54, 1.807) is 29.3 Å². The lowest BCUT2D eigenvalue weighted by Gasteiger charge is -2.00. The highest BCUT2D eigenvalue weighted by molar-refractivity contribution is 7.99. The predicted molar refractivity (Wildman–Crippen MR) is 93.4 cm³/mol. The maximum Gasteiger partial charge on any atom is 0.257 e. The van der Waals surface area contributed by atoms with Crippen LogP contribution in [0.1, 0.15) is 34.7 Å². The number of nitrogens with one attached hydrogen (secondary N) is 1. The molecule has 0 aromatic carbocycles. The summed E-state index contributed by atoms with van der Waals surface area (Å²) < 4.78 is 0. The fraction of sp³-hybridized carbons (Fsp3) is 0.312. The highest BCUT2D eigenvalue weighted by atomic mass is 32.2. The van der Waals surface area contributed by atoms with E-state index in [1.807, 2.05) is 6.08 Å². The summed E-state index contributed by atoms with van der Waals surface area (Å²) in [5, 5.41) is 3.53. The van der Waals surface area contributed by atoms with Crippen LogP contribution in [0.3, 0.4) is 0 Å². The summed E-state index contributed by atoms with van der Waals surface area (Å²) >= 11 is 3.30. The Morgan fingerprint density at radius 3 is 2.91 bits per heavy atom. The van der Waals surface area contributed by atoms with Crippen molar-refractivity contribution in [3.63, 3.8) is 0 Å². The number of nitrogens with zero attached hydrogens (tertiary/aromatic N) is 2. The maximum absolute atomic E-state index is 12.2. The van der Waals surface area contributed by atoms with E-state index in [2.05, 4.69) is 42.1 Å². The van der Waals surface area contributed by atoms with E-state index in [-0.39, 0.29) is 5.91 Å². The van der Waals surface area contributed by atoms with Crippen molar-refractivity contribution >= 4 is 46.5 Å². The van der Waals surface area contributed by atoms with Crippen LogP contribution in [0.25, 0.3) is 11.6 Å². The molecule has 0 saturated heterocycles. The second-order valence-electron chi connectivity index (χ2n) is 4.97. The van der Waals surface area contributed by atoms with Crippen molar-refractivity contribution in [1.82, 2.24) is 9.97 Å².